The van der Waals surface area contributed by atoms with Crippen molar-refractivity contribution >= 4 is 27.7 Å². The number of nitrogens with one attached hydrogen (secondary N) is 1. The van der Waals surface area contributed by atoms with Gasteiger partial charge in [0.25, 0.3) is 0 Å². The van der Waals surface area contributed by atoms with Crippen LogP contribution in [0.3, 0.4) is 0 Å². The lowest BCUT2D eigenvalue weighted by molar-refractivity contribution is -0.149. The van der Waals surface area contributed by atoms with Gasteiger partial charge in [-0.05, 0) is 40.5 Å². The van der Waals surface area contributed by atoms with Crippen molar-refractivity contribution in [3.8, 4) is 0 Å². The van der Waals surface area contributed by atoms with E-state index in [0.29, 0.717) is 10.0 Å². The molecule has 1 N–H and O–H groups in total. The summed E-state index contributed by atoms with van der Waals surface area (Å²) in [4.78, 5) is 24.7. The van der Waals surface area contributed by atoms with E-state index in [1.165, 1.54) is 11.0 Å². The third-order valence-corrected chi connectivity index (χ3v) is 3.43. The van der Waals surface area contributed by atoms with Gasteiger partial charge in [-0.25, -0.2) is 4.39 Å². The fourth-order valence-electron chi connectivity index (χ4n) is 1.77. The lowest BCUT2D eigenvalue weighted by Gasteiger charge is -2.29. The molecule has 0 radical (unpaired) electrons. The summed E-state index contributed by atoms with van der Waals surface area (Å²) in [7, 11) is 0. The summed E-state index contributed by atoms with van der Waals surface area (Å²) in [6.07, 6.45) is 0. The lowest BCUT2D eigenvalue weighted by atomic mass is 10.1. The minimum Gasteiger partial charge on any atom is -0.298 e. The van der Waals surface area contributed by atoms with E-state index in [1.54, 1.807) is 19.1 Å². The van der Waals surface area contributed by atoms with Crippen LogP contribution < -0.4 is 5.32 Å². The first-order valence-electron chi connectivity index (χ1n) is 5.50. The van der Waals surface area contributed by atoms with Crippen LogP contribution in [-0.2, 0) is 16.1 Å². The standard InChI is InChI=1S/C12H12BrFN2O2/c1-7-12(18)16(11(17)5-15-7)6-8-2-3-10(14)9(13)4-8/h2-4,7,15H,5-6H2,1H3. The molecule has 2 rings (SSSR count). The molecule has 0 spiro atoms. The Kier molecular flexibility index (Phi) is 3.77. The molecule has 1 saturated heterocycles. The average molecular weight is 315 g/mol. The molecule has 1 atom stereocenters. The Morgan fingerprint density at radius 2 is 2.22 bits per heavy atom. The molecule has 1 aromatic carbocycles. The van der Waals surface area contributed by atoms with Gasteiger partial charge in [-0.1, -0.05) is 6.07 Å². The molecule has 18 heavy (non-hydrogen) atoms. The Balaban J connectivity index is 2.18. The summed E-state index contributed by atoms with van der Waals surface area (Å²) in [6.45, 7) is 2.03. The molecule has 1 unspecified atom stereocenters. The van der Waals surface area contributed by atoms with Crippen molar-refractivity contribution < 1.29 is 14.0 Å². The largest absolute Gasteiger partial charge is 0.298 e. The van der Waals surface area contributed by atoms with Gasteiger partial charge < -0.3 is 0 Å². The van der Waals surface area contributed by atoms with Crippen LogP contribution in [0.4, 0.5) is 4.39 Å². The molecule has 1 fully saturated rings. The van der Waals surface area contributed by atoms with Crippen LogP contribution >= 0.6 is 15.9 Å². The van der Waals surface area contributed by atoms with E-state index in [4.69, 9.17) is 0 Å². The maximum Gasteiger partial charge on any atom is 0.246 e. The number of halogens is 2. The van der Waals surface area contributed by atoms with E-state index < -0.39 is 0 Å². The third-order valence-electron chi connectivity index (χ3n) is 2.82. The number of imide groups is 1. The highest BCUT2D eigenvalue weighted by atomic mass is 79.9. The predicted molar refractivity (Wildman–Crippen MR) is 67.1 cm³/mol. The van der Waals surface area contributed by atoms with Gasteiger partial charge in [0.05, 0.1) is 23.6 Å². The molecule has 1 heterocycles. The Hall–Kier alpha value is -1.27. The molecule has 0 aromatic heterocycles. The first-order chi connectivity index (χ1) is 8.49. The zero-order valence-corrected chi connectivity index (χ0v) is 11.3. The Morgan fingerprint density at radius 1 is 1.50 bits per heavy atom. The van der Waals surface area contributed by atoms with Crippen LogP contribution in [-0.4, -0.2) is 29.3 Å². The van der Waals surface area contributed by atoms with Crippen LogP contribution in [0.1, 0.15) is 12.5 Å². The van der Waals surface area contributed by atoms with Crippen LogP contribution in [0.2, 0.25) is 0 Å². The molecule has 1 aliphatic rings. The molecular weight excluding hydrogens is 303 g/mol. The van der Waals surface area contributed by atoms with E-state index >= 15 is 0 Å². The third kappa shape index (κ3) is 2.59. The minimum atomic E-state index is -0.370. The summed E-state index contributed by atoms with van der Waals surface area (Å²) in [5.74, 6) is -0.893. The molecule has 1 aliphatic heterocycles. The van der Waals surface area contributed by atoms with Gasteiger partial charge in [0, 0.05) is 0 Å². The summed E-state index contributed by atoms with van der Waals surface area (Å²) < 4.78 is 13.4. The monoisotopic (exact) mass is 314 g/mol. The highest BCUT2D eigenvalue weighted by Gasteiger charge is 2.31. The van der Waals surface area contributed by atoms with E-state index in [0.717, 1.165) is 0 Å². The molecule has 4 nitrogen and oxygen atoms in total. The van der Waals surface area contributed by atoms with Crippen molar-refractivity contribution in [3.05, 3.63) is 34.1 Å². The van der Waals surface area contributed by atoms with Gasteiger partial charge in [0.2, 0.25) is 11.8 Å². The summed E-state index contributed by atoms with van der Waals surface area (Å²) in [6, 6.07) is 4.07. The molecule has 0 saturated carbocycles. The Morgan fingerprint density at radius 3 is 2.89 bits per heavy atom. The first-order valence-corrected chi connectivity index (χ1v) is 6.30. The Bertz CT molecular complexity index is 507. The molecule has 0 bridgehead atoms. The number of benzene rings is 1. The van der Waals surface area contributed by atoms with E-state index in [9.17, 15) is 14.0 Å². The van der Waals surface area contributed by atoms with E-state index in [2.05, 4.69) is 21.2 Å². The fourth-order valence-corrected chi connectivity index (χ4v) is 2.19. The normalized spacial score (nSPS) is 20.4. The molecular formula is C12H12BrFN2O2. The number of hydrogen-bond acceptors (Lipinski definition) is 3. The van der Waals surface area contributed by atoms with Gasteiger partial charge in [-0.2, -0.15) is 0 Å². The topological polar surface area (TPSA) is 49.4 Å². The zero-order valence-electron chi connectivity index (χ0n) is 9.74. The van der Waals surface area contributed by atoms with Crippen LogP contribution in [0.15, 0.2) is 22.7 Å². The van der Waals surface area contributed by atoms with Crippen molar-refractivity contribution in [2.45, 2.75) is 19.5 Å². The van der Waals surface area contributed by atoms with Crippen LogP contribution in [0.25, 0.3) is 0 Å². The number of piperazine rings is 1. The zero-order chi connectivity index (χ0) is 13.3. The minimum absolute atomic E-state index is 0.148. The van der Waals surface area contributed by atoms with Crippen LogP contribution in [0.5, 0.6) is 0 Å². The van der Waals surface area contributed by atoms with Gasteiger partial charge in [0.15, 0.2) is 0 Å². The SMILES string of the molecule is CC1NCC(=O)N(Cc2ccc(F)c(Br)c2)C1=O. The fraction of sp³-hybridized carbons (Fsp3) is 0.333. The first kappa shape index (κ1) is 13.2. The van der Waals surface area contributed by atoms with E-state index in [1.807, 2.05) is 0 Å². The maximum atomic E-state index is 13.1. The number of amides is 2. The van der Waals surface area contributed by atoms with Gasteiger partial charge in [-0.15, -0.1) is 0 Å². The van der Waals surface area contributed by atoms with Gasteiger partial charge in [0.1, 0.15) is 5.82 Å². The summed E-state index contributed by atoms with van der Waals surface area (Å²) in [5, 5.41) is 2.81. The second kappa shape index (κ2) is 5.16. The van der Waals surface area contributed by atoms with Gasteiger partial charge >= 0.3 is 0 Å². The molecule has 96 valence electrons. The second-order valence-electron chi connectivity index (χ2n) is 4.17. The van der Waals surface area contributed by atoms with Crippen molar-refractivity contribution in [2.24, 2.45) is 0 Å². The van der Waals surface area contributed by atoms with Gasteiger partial charge in [-0.3, -0.25) is 19.8 Å². The highest BCUT2D eigenvalue weighted by molar-refractivity contribution is 9.10. The van der Waals surface area contributed by atoms with Crippen molar-refractivity contribution in [2.75, 3.05) is 6.54 Å². The number of carbonyl (C=O) groups excluding carboxylic acids is 2. The quantitative estimate of drug-likeness (QED) is 0.840. The summed E-state index contributed by atoms with van der Waals surface area (Å²) in [5.41, 5.74) is 0.707. The maximum absolute atomic E-state index is 13.1. The summed E-state index contributed by atoms with van der Waals surface area (Å²) >= 11 is 3.08. The average Bonchev–Trinajstić information content (AvgIpc) is 2.34. The number of hydrogen-bond donors (Lipinski definition) is 1. The Labute approximate surface area is 112 Å². The molecule has 1 aromatic rings. The van der Waals surface area contributed by atoms with E-state index in [-0.39, 0.29) is 36.8 Å². The second-order valence-corrected chi connectivity index (χ2v) is 5.02. The lowest BCUT2D eigenvalue weighted by Crippen LogP contribution is -2.56. The number of rotatable bonds is 2. The van der Waals surface area contributed by atoms with Crippen molar-refractivity contribution in [1.29, 1.82) is 0 Å². The molecule has 2 amide bonds. The van der Waals surface area contributed by atoms with Crippen LogP contribution in [0, 0.1) is 5.82 Å². The molecule has 0 aliphatic carbocycles. The highest BCUT2D eigenvalue weighted by Crippen LogP contribution is 2.18. The number of carbonyl (C=O) groups is 2. The smallest absolute Gasteiger partial charge is 0.246 e. The van der Waals surface area contributed by atoms with Crippen molar-refractivity contribution in [1.82, 2.24) is 10.2 Å². The predicted octanol–water partition coefficient (Wildman–Crippen LogP) is 1.44. The number of nitrogens with zero attached hydrogens (tertiary/aromatic N) is 1. The molecule has 6 heteroatoms. The van der Waals surface area contributed by atoms with Crippen molar-refractivity contribution in [3.63, 3.8) is 0 Å².